The summed E-state index contributed by atoms with van der Waals surface area (Å²) in [4.78, 5) is 0. The lowest BCUT2D eigenvalue weighted by atomic mass is 10.2. The molecule has 21 heavy (non-hydrogen) atoms. The Morgan fingerprint density at radius 3 is 2.38 bits per heavy atom. The van der Waals surface area contributed by atoms with E-state index < -0.39 is 11.6 Å². The van der Waals surface area contributed by atoms with Crippen molar-refractivity contribution in [3.63, 3.8) is 0 Å². The number of hydrogen-bond donors (Lipinski definition) is 1. The van der Waals surface area contributed by atoms with E-state index in [0.29, 0.717) is 18.3 Å². The molecular weight excluding hydrogens is 340 g/mol. The molecule has 0 fully saturated rings. The summed E-state index contributed by atoms with van der Waals surface area (Å²) in [6, 6.07) is 9.04. The number of hydrogen-bond acceptors (Lipinski definition) is 2. The van der Waals surface area contributed by atoms with Gasteiger partial charge in [-0.2, -0.15) is 0 Å². The van der Waals surface area contributed by atoms with Gasteiger partial charge in [-0.05, 0) is 12.1 Å². The third-order valence-corrected chi connectivity index (χ3v) is 3.29. The van der Waals surface area contributed by atoms with Crippen molar-refractivity contribution in [3.05, 3.63) is 58.1 Å². The largest absolute Gasteiger partial charge is 0.457 e. The lowest BCUT2D eigenvalue weighted by Gasteiger charge is -2.14. The van der Waals surface area contributed by atoms with Crippen LogP contribution in [0.4, 0.5) is 8.78 Å². The summed E-state index contributed by atoms with van der Waals surface area (Å²) in [6.45, 7) is 4.70. The first-order valence-corrected chi connectivity index (χ1v) is 7.39. The van der Waals surface area contributed by atoms with E-state index in [2.05, 4.69) is 21.2 Å². The van der Waals surface area contributed by atoms with Crippen LogP contribution in [0.15, 0.2) is 40.9 Å². The molecule has 2 rings (SSSR count). The molecular formula is C16H16BrF2NO. The number of ether oxygens (including phenoxy) is 1. The molecule has 0 aromatic heterocycles. The van der Waals surface area contributed by atoms with Crippen LogP contribution in [0.1, 0.15) is 19.4 Å². The summed E-state index contributed by atoms with van der Waals surface area (Å²) in [7, 11) is 0. The Balaban J connectivity index is 2.26. The van der Waals surface area contributed by atoms with Gasteiger partial charge < -0.3 is 10.1 Å². The quantitative estimate of drug-likeness (QED) is 0.813. The topological polar surface area (TPSA) is 21.3 Å². The first-order chi connectivity index (χ1) is 9.94. The molecule has 0 heterocycles. The average molecular weight is 356 g/mol. The first-order valence-electron chi connectivity index (χ1n) is 6.60. The normalized spacial score (nSPS) is 11.0. The fraction of sp³-hybridized carbons (Fsp3) is 0.250. The molecule has 2 aromatic carbocycles. The monoisotopic (exact) mass is 355 g/mol. The van der Waals surface area contributed by atoms with Crippen LogP contribution in [0.25, 0.3) is 0 Å². The highest BCUT2D eigenvalue weighted by atomic mass is 79.9. The fourth-order valence-corrected chi connectivity index (χ4v) is 2.14. The molecule has 0 unspecified atom stereocenters. The molecule has 5 heteroatoms. The van der Waals surface area contributed by atoms with Crippen molar-refractivity contribution in [2.24, 2.45) is 0 Å². The van der Waals surface area contributed by atoms with E-state index in [1.165, 1.54) is 0 Å². The molecule has 2 aromatic rings. The molecule has 0 saturated carbocycles. The summed E-state index contributed by atoms with van der Waals surface area (Å²) in [6.07, 6.45) is 0. The summed E-state index contributed by atoms with van der Waals surface area (Å²) >= 11 is 3.37. The minimum absolute atomic E-state index is 0.136. The number of rotatable bonds is 5. The zero-order valence-electron chi connectivity index (χ0n) is 11.8. The Kier molecular flexibility index (Phi) is 5.31. The van der Waals surface area contributed by atoms with Gasteiger partial charge in [0.2, 0.25) is 0 Å². The van der Waals surface area contributed by atoms with Crippen LogP contribution < -0.4 is 10.1 Å². The molecule has 0 aliphatic carbocycles. The molecule has 0 spiro atoms. The Hall–Kier alpha value is -1.46. The fourth-order valence-electron chi connectivity index (χ4n) is 1.80. The van der Waals surface area contributed by atoms with Gasteiger partial charge in [-0.1, -0.05) is 35.8 Å². The van der Waals surface area contributed by atoms with Crippen molar-refractivity contribution < 1.29 is 13.5 Å². The maximum atomic E-state index is 13.2. The number of benzene rings is 2. The van der Waals surface area contributed by atoms with Crippen LogP contribution in [0.5, 0.6) is 11.5 Å². The van der Waals surface area contributed by atoms with Gasteiger partial charge in [0.15, 0.2) is 0 Å². The van der Waals surface area contributed by atoms with Crippen LogP contribution in [0.2, 0.25) is 0 Å². The lowest BCUT2D eigenvalue weighted by Crippen LogP contribution is -2.22. The Morgan fingerprint density at radius 1 is 1.10 bits per heavy atom. The van der Waals surface area contributed by atoms with Crippen LogP contribution in [0.3, 0.4) is 0 Å². The van der Waals surface area contributed by atoms with Crippen LogP contribution >= 0.6 is 15.9 Å². The van der Waals surface area contributed by atoms with E-state index >= 15 is 0 Å². The molecule has 0 saturated heterocycles. The molecule has 0 aliphatic rings. The zero-order chi connectivity index (χ0) is 15.4. The first kappa shape index (κ1) is 15.9. The van der Waals surface area contributed by atoms with Crippen LogP contribution in [0, 0.1) is 11.6 Å². The van der Waals surface area contributed by atoms with E-state index in [9.17, 15) is 8.78 Å². The standard InChI is InChI=1S/C16H16BrF2NO/c1-10(2)20-9-11-3-4-12(17)5-16(11)21-15-7-13(18)6-14(19)8-15/h3-8,10,20H,9H2,1-2H3. The second-order valence-corrected chi connectivity index (χ2v) is 5.91. The molecule has 112 valence electrons. The van der Waals surface area contributed by atoms with Gasteiger partial charge in [-0.25, -0.2) is 8.78 Å². The van der Waals surface area contributed by atoms with Crippen molar-refractivity contribution in [1.82, 2.24) is 5.32 Å². The average Bonchev–Trinajstić information content (AvgIpc) is 2.36. The molecule has 1 N–H and O–H groups in total. The SMILES string of the molecule is CC(C)NCc1ccc(Br)cc1Oc1cc(F)cc(F)c1. The van der Waals surface area contributed by atoms with Crippen LogP contribution in [-0.2, 0) is 6.54 Å². The molecule has 2 nitrogen and oxygen atoms in total. The van der Waals surface area contributed by atoms with E-state index in [1.54, 1.807) is 6.07 Å². The molecule has 0 radical (unpaired) electrons. The molecule has 0 aliphatic heterocycles. The molecule has 0 amide bonds. The van der Waals surface area contributed by atoms with E-state index in [1.807, 2.05) is 26.0 Å². The predicted octanol–water partition coefficient (Wildman–Crippen LogP) is 5.02. The summed E-state index contributed by atoms with van der Waals surface area (Å²) in [5.74, 6) is -0.636. The molecule has 0 atom stereocenters. The van der Waals surface area contributed by atoms with Gasteiger partial charge in [-0.3, -0.25) is 0 Å². The highest BCUT2D eigenvalue weighted by Gasteiger charge is 2.09. The third kappa shape index (κ3) is 4.79. The van der Waals surface area contributed by atoms with Crippen molar-refractivity contribution in [2.45, 2.75) is 26.4 Å². The maximum absolute atomic E-state index is 13.2. The second-order valence-electron chi connectivity index (χ2n) is 4.99. The van der Waals surface area contributed by atoms with Crippen molar-refractivity contribution in [1.29, 1.82) is 0 Å². The summed E-state index contributed by atoms with van der Waals surface area (Å²) < 4.78 is 32.9. The summed E-state index contributed by atoms with van der Waals surface area (Å²) in [5.41, 5.74) is 0.913. The van der Waals surface area contributed by atoms with Gasteiger partial charge >= 0.3 is 0 Å². The zero-order valence-corrected chi connectivity index (χ0v) is 13.4. The Morgan fingerprint density at radius 2 is 1.76 bits per heavy atom. The van der Waals surface area contributed by atoms with Gasteiger partial charge in [-0.15, -0.1) is 0 Å². The lowest BCUT2D eigenvalue weighted by molar-refractivity contribution is 0.457. The van der Waals surface area contributed by atoms with Crippen LogP contribution in [-0.4, -0.2) is 6.04 Å². The van der Waals surface area contributed by atoms with Gasteiger partial charge in [0.1, 0.15) is 23.1 Å². The second kappa shape index (κ2) is 7.00. The summed E-state index contributed by atoms with van der Waals surface area (Å²) in [5, 5.41) is 3.29. The van der Waals surface area contributed by atoms with Crippen molar-refractivity contribution in [3.8, 4) is 11.5 Å². The van der Waals surface area contributed by atoms with Gasteiger partial charge in [0, 0.05) is 40.8 Å². The van der Waals surface area contributed by atoms with E-state index in [-0.39, 0.29) is 5.75 Å². The maximum Gasteiger partial charge on any atom is 0.133 e. The number of nitrogens with one attached hydrogen (secondary N) is 1. The van der Waals surface area contributed by atoms with Gasteiger partial charge in [0.05, 0.1) is 0 Å². The highest BCUT2D eigenvalue weighted by molar-refractivity contribution is 9.10. The Bertz CT molecular complexity index is 611. The predicted molar refractivity (Wildman–Crippen MR) is 82.5 cm³/mol. The van der Waals surface area contributed by atoms with E-state index in [0.717, 1.165) is 28.2 Å². The molecule has 0 bridgehead atoms. The smallest absolute Gasteiger partial charge is 0.133 e. The van der Waals surface area contributed by atoms with E-state index in [4.69, 9.17) is 4.74 Å². The third-order valence-electron chi connectivity index (χ3n) is 2.79. The highest BCUT2D eigenvalue weighted by Crippen LogP contribution is 2.29. The minimum Gasteiger partial charge on any atom is -0.457 e. The Labute approximate surface area is 131 Å². The minimum atomic E-state index is -0.665. The van der Waals surface area contributed by atoms with Gasteiger partial charge in [0.25, 0.3) is 0 Å². The van der Waals surface area contributed by atoms with Crippen molar-refractivity contribution >= 4 is 15.9 Å². The number of halogens is 3. The van der Waals surface area contributed by atoms with Crippen molar-refractivity contribution in [2.75, 3.05) is 0 Å².